The van der Waals surface area contributed by atoms with Crippen LogP contribution in [0.15, 0.2) is 54.6 Å². The van der Waals surface area contributed by atoms with E-state index in [9.17, 15) is 130 Å². The van der Waals surface area contributed by atoms with E-state index >= 15 is 0 Å². The minimum Gasteiger partial charge on any atom is -0.481 e. The summed E-state index contributed by atoms with van der Waals surface area (Å²) in [5.41, 5.74) is 11.0. The van der Waals surface area contributed by atoms with E-state index < -0.39 is 285 Å². The summed E-state index contributed by atoms with van der Waals surface area (Å²) < 4.78 is 36.5. The highest BCUT2D eigenvalue weighted by molar-refractivity contribution is 7.81. The molecule has 1 fully saturated rings. The van der Waals surface area contributed by atoms with Crippen molar-refractivity contribution in [2.24, 2.45) is 23.3 Å². The quantitative estimate of drug-likeness (QED) is 0.0280. The Balaban J connectivity index is 2.02. The number of nitrogens with one attached hydrogen (secondary N) is 10. The zero-order chi connectivity index (χ0) is 81.3. The van der Waals surface area contributed by atoms with Crippen molar-refractivity contribution >= 4 is 117 Å². The Labute approximate surface area is 618 Å². The second kappa shape index (κ2) is 44.5. The van der Waals surface area contributed by atoms with Gasteiger partial charge in [-0.15, -0.1) is 0 Å². The van der Waals surface area contributed by atoms with Crippen LogP contribution in [0, 0.1) is 11.8 Å². The molecular weight excluding hydrogens is 1450 g/mol. The van der Waals surface area contributed by atoms with Gasteiger partial charge in [0.05, 0.1) is 13.0 Å². The lowest BCUT2D eigenvalue weighted by Gasteiger charge is -2.31. The Bertz CT molecular complexity index is 3700. The zero-order valence-electron chi connectivity index (χ0n) is 59.4. The number of benzene rings is 2. The summed E-state index contributed by atoms with van der Waals surface area (Å²) in [6.07, 6.45) is -9.57. The van der Waals surface area contributed by atoms with Crippen molar-refractivity contribution in [2.45, 2.75) is 203 Å². The number of carbonyl (C=O) groups is 18. The van der Waals surface area contributed by atoms with Crippen molar-refractivity contribution in [1.82, 2.24) is 58.1 Å². The van der Waals surface area contributed by atoms with Gasteiger partial charge in [-0.3, -0.25) is 86.1 Å². The van der Waals surface area contributed by atoms with Crippen LogP contribution in [0.25, 0.3) is 0 Å². The minimum atomic E-state index is -5.04. The van der Waals surface area contributed by atoms with Crippen LogP contribution in [0.5, 0.6) is 5.75 Å². The molecule has 108 heavy (non-hydrogen) atoms. The van der Waals surface area contributed by atoms with Crippen LogP contribution in [0.1, 0.15) is 135 Å². The van der Waals surface area contributed by atoms with Crippen LogP contribution in [0.4, 0.5) is 0 Å². The first-order chi connectivity index (χ1) is 50.5. The SMILES string of the molecule is CC(C)C[C@H](NC(=O)[C@H](Cc1ccc(OS(=O)(=O)O)cc1)NC(=O)[C@H](CCC(=O)O)NC(=O)[C@H](CCC(=O)O)NC(=O)[C@@H]1CCCN1C(=O)[C@H](CC(C)C)NC(=O)[C@H](CCC(=O)O)NC(=O)[C@H](CCC(=O)O)NC(=O)[C@H](Cc1ccccc1)NC(=O)[C@H](CC(=O)O)NC(=O)CN)C(=O)N[C@@H](CCC(N)=O)C(=O)O. The average Bonchev–Trinajstić information content (AvgIpc) is 1.57. The van der Waals surface area contributed by atoms with E-state index in [-0.39, 0.29) is 44.2 Å². The van der Waals surface area contributed by atoms with Crippen LogP contribution in [-0.4, -0.2) is 235 Å². The molecular formula is C66H93N13O28S. The molecule has 11 atom stereocenters. The molecule has 21 N–H and O–H groups in total. The molecule has 1 aliphatic heterocycles. The molecule has 1 heterocycles. The lowest BCUT2D eigenvalue weighted by molar-refractivity contribution is -0.143. The summed E-state index contributed by atoms with van der Waals surface area (Å²) in [6, 6.07) is -7.11. The van der Waals surface area contributed by atoms with Crippen molar-refractivity contribution < 1.29 is 134 Å². The Hall–Kier alpha value is -11.4. The third-order valence-corrected chi connectivity index (χ3v) is 16.6. The fraction of sp³-hybridized carbons (Fsp3) is 0.545. The fourth-order valence-corrected chi connectivity index (χ4v) is 11.3. The summed E-state index contributed by atoms with van der Waals surface area (Å²) in [5.74, 6) is -24.1. The number of likely N-dealkylation sites (tertiary alicyclic amines) is 1. The van der Waals surface area contributed by atoms with Gasteiger partial charge >= 0.3 is 46.2 Å². The minimum absolute atomic E-state index is 0.0833. The smallest absolute Gasteiger partial charge is 0.446 e. The van der Waals surface area contributed by atoms with Gasteiger partial charge in [-0.1, -0.05) is 70.2 Å². The number of primary amides is 1. The summed E-state index contributed by atoms with van der Waals surface area (Å²) in [4.78, 5) is 239. The van der Waals surface area contributed by atoms with E-state index in [0.717, 1.165) is 17.0 Å². The molecule has 0 aliphatic carbocycles. The standard InChI is InChI=1S/C66H93N13O28S/c1-33(2)27-43(60(96)74-42(66(102)103)16-21-49(68)80)75-62(98)45(30-36-12-14-37(15-13-36)107-108(104,105)106)76-58(94)39(18-23-52(84)85)70-57(93)41(20-25-54(88)89)73-64(100)48-11-8-26-79(48)65(101)47(28-34(3)4)78-59(95)40(19-24-53(86)87)71-56(92)38(17-22-51(82)83)72-61(97)44(29-35-9-6-5-7-10-35)77-63(99)46(31-55(90)91)69-50(81)32-67/h5-7,9-10,12-15,33-34,38-48H,8,11,16-32,67H2,1-4H3,(H2,68,80)(H,69,81)(H,70,93)(H,71,92)(H,72,97)(H,73,100)(H,74,96)(H,75,98)(H,76,94)(H,77,99)(H,78,95)(H,82,83)(H,84,85)(H,86,87)(H,88,89)(H,90,91)(H,102,103)(H,104,105,106)/t38-,39-,40-,41-,42-,43-,44-,45-,46-,47-,48-/m0/s1. The molecule has 0 radical (unpaired) electrons. The monoisotopic (exact) mass is 1550 g/mol. The molecule has 596 valence electrons. The van der Waals surface area contributed by atoms with Gasteiger partial charge in [0, 0.05) is 51.5 Å². The first-order valence-electron chi connectivity index (χ1n) is 34.0. The van der Waals surface area contributed by atoms with E-state index in [2.05, 4.69) is 57.4 Å². The maximum atomic E-state index is 14.8. The Kier molecular flexibility index (Phi) is 37.4. The molecule has 41 nitrogen and oxygen atoms in total. The number of amides is 12. The van der Waals surface area contributed by atoms with Gasteiger partial charge < -0.3 is 104 Å². The third-order valence-electron chi connectivity index (χ3n) is 16.2. The summed E-state index contributed by atoms with van der Waals surface area (Å²) in [6.45, 7) is 5.62. The molecule has 0 aromatic heterocycles. The lowest BCUT2D eigenvalue weighted by Crippen LogP contribution is -2.61. The fourth-order valence-electron chi connectivity index (χ4n) is 11.0. The molecule has 0 spiro atoms. The summed E-state index contributed by atoms with van der Waals surface area (Å²) in [5, 5.41) is 81.5. The third kappa shape index (κ3) is 33.8. The van der Waals surface area contributed by atoms with Gasteiger partial charge in [0.15, 0.2) is 0 Å². The number of nitrogens with two attached hydrogens (primary N) is 2. The molecule has 0 unspecified atom stereocenters. The van der Waals surface area contributed by atoms with Gasteiger partial charge in [-0.2, -0.15) is 8.42 Å². The predicted molar refractivity (Wildman–Crippen MR) is 370 cm³/mol. The number of nitrogens with zero attached hydrogens (tertiary/aromatic N) is 1. The second-order valence-electron chi connectivity index (χ2n) is 26.0. The molecule has 42 heteroatoms. The van der Waals surface area contributed by atoms with Crippen LogP contribution in [0.3, 0.4) is 0 Å². The highest BCUT2D eigenvalue weighted by Crippen LogP contribution is 2.23. The Morgan fingerprint density at radius 3 is 1.21 bits per heavy atom. The number of rotatable bonds is 49. The molecule has 0 bridgehead atoms. The van der Waals surface area contributed by atoms with Crippen LogP contribution < -0.4 is 68.8 Å². The predicted octanol–water partition coefficient (Wildman–Crippen LogP) is -4.17. The van der Waals surface area contributed by atoms with E-state index in [4.69, 9.17) is 11.5 Å². The molecule has 2 aromatic rings. The Morgan fingerprint density at radius 1 is 0.454 bits per heavy atom. The highest BCUT2D eigenvalue weighted by atomic mass is 32.3. The molecule has 1 aliphatic rings. The number of carbonyl (C=O) groups excluding carboxylic acids is 12. The first kappa shape index (κ1) is 90.8. The average molecular weight is 1550 g/mol. The number of hydrogen-bond acceptors (Lipinski definition) is 22. The van der Waals surface area contributed by atoms with Crippen molar-refractivity contribution in [3.63, 3.8) is 0 Å². The van der Waals surface area contributed by atoms with E-state index in [1.54, 1.807) is 45.9 Å². The van der Waals surface area contributed by atoms with Crippen molar-refractivity contribution in [2.75, 3.05) is 13.1 Å². The van der Waals surface area contributed by atoms with Gasteiger partial charge in [0.2, 0.25) is 70.9 Å². The topological polar surface area (TPSA) is 668 Å². The van der Waals surface area contributed by atoms with E-state index in [1.165, 1.54) is 24.3 Å². The van der Waals surface area contributed by atoms with Gasteiger partial charge in [-0.25, -0.2) is 4.79 Å². The van der Waals surface area contributed by atoms with Crippen LogP contribution in [0.2, 0.25) is 0 Å². The Morgan fingerprint density at radius 2 is 0.815 bits per heavy atom. The molecule has 0 saturated carbocycles. The molecule has 2 aromatic carbocycles. The first-order valence-corrected chi connectivity index (χ1v) is 35.4. The maximum Gasteiger partial charge on any atom is 0.446 e. The van der Waals surface area contributed by atoms with Gasteiger partial charge in [0.1, 0.15) is 72.2 Å². The maximum absolute atomic E-state index is 14.8. The zero-order valence-corrected chi connectivity index (χ0v) is 60.2. The van der Waals surface area contributed by atoms with Gasteiger partial charge in [-0.05, 0) is 92.9 Å². The van der Waals surface area contributed by atoms with Crippen molar-refractivity contribution in [3.05, 3.63) is 65.7 Å². The van der Waals surface area contributed by atoms with Gasteiger partial charge in [0.25, 0.3) is 0 Å². The summed E-state index contributed by atoms with van der Waals surface area (Å²) >= 11 is 0. The number of carboxylic acids is 6. The molecule has 3 rings (SSSR count). The lowest BCUT2D eigenvalue weighted by atomic mass is 10.00. The van der Waals surface area contributed by atoms with Crippen LogP contribution >= 0.6 is 0 Å². The van der Waals surface area contributed by atoms with E-state index in [0.29, 0.717) is 5.56 Å². The van der Waals surface area contributed by atoms with Crippen molar-refractivity contribution in [3.8, 4) is 5.75 Å². The largest absolute Gasteiger partial charge is 0.481 e. The normalized spacial score (nSPS) is 15.4. The number of hydrogen-bond donors (Lipinski definition) is 19. The highest BCUT2D eigenvalue weighted by Gasteiger charge is 2.42. The second-order valence-corrected chi connectivity index (χ2v) is 27.1. The summed E-state index contributed by atoms with van der Waals surface area (Å²) in [7, 11) is -5.04. The molecule has 12 amide bonds. The number of aliphatic carboxylic acids is 6. The van der Waals surface area contributed by atoms with Crippen molar-refractivity contribution in [1.29, 1.82) is 0 Å². The number of carboxylic acid groups (broad SMARTS) is 6. The van der Waals surface area contributed by atoms with Crippen LogP contribution in [-0.2, 0) is 110 Å². The van der Waals surface area contributed by atoms with E-state index in [1.807, 2.05) is 0 Å². The molecule has 1 saturated heterocycles.